The number of unbranched alkanes of at least 4 members (excludes halogenated alkanes) is 1. The number of rotatable bonds is 8. The normalized spacial score (nSPS) is 29.7. The van der Waals surface area contributed by atoms with Crippen molar-refractivity contribution in [3.8, 4) is 0 Å². The molecular formula is C15H30N2O. The van der Waals surface area contributed by atoms with E-state index >= 15 is 0 Å². The Morgan fingerprint density at radius 3 is 2.78 bits per heavy atom. The third-order valence-corrected chi connectivity index (χ3v) is 4.42. The Labute approximate surface area is 112 Å². The molecule has 1 aliphatic carbocycles. The largest absolute Gasteiger partial charge is 0.385 e. The molecule has 18 heavy (non-hydrogen) atoms. The van der Waals surface area contributed by atoms with Crippen LogP contribution < -0.4 is 5.32 Å². The lowest BCUT2D eigenvalue weighted by atomic mass is 10.0. The molecule has 3 nitrogen and oxygen atoms in total. The molecule has 0 amide bonds. The molecule has 0 spiro atoms. The monoisotopic (exact) mass is 254 g/mol. The average Bonchev–Trinajstić information content (AvgIpc) is 3.21. The molecule has 1 saturated carbocycles. The number of methoxy groups -OCH3 is 1. The Bertz CT molecular complexity index is 231. The predicted octanol–water partition coefficient (Wildman–Crippen LogP) is 2.27. The summed E-state index contributed by atoms with van der Waals surface area (Å²) < 4.78 is 5.14. The van der Waals surface area contributed by atoms with Gasteiger partial charge in [-0.2, -0.15) is 0 Å². The first-order valence-corrected chi connectivity index (χ1v) is 7.81. The molecule has 0 aromatic carbocycles. The highest BCUT2D eigenvalue weighted by atomic mass is 16.5. The smallest absolute Gasteiger partial charge is 0.0462 e. The number of piperazine rings is 1. The van der Waals surface area contributed by atoms with E-state index in [0.29, 0.717) is 0 Å². The molecule has 2 unspecified atom stereocenters. The van der Waals surface area contributed by atoms with Gasteiger partial charge in [0.25, 0.3) is 0 Å². The first-order chi connectivity index (χ1) is 8.85. The minimum Gasteiger partial charge on any atom is -0.385 e. The summed E-state index contributed by atoms with van der Waals surface area (Å²) in [6.07, 6.45) is 8.03. The molecule has 1 aliphatic heterocycles. The summed E-state index contributed by atoms with van der Waals surface area (Å²) in [6.45, 7) is 6.97. The van der Waals surface area contributed by atoms with Crippen molar-refractivity contribution in [2.24, 2.45) is 5.92 Å². The van der Waals surface area contributed by atoms with Gasteiger partial charge in [-0.15, -0.1) is 0 Å². The second-order valence-electron chi connectivity index (χ2n) is 5.99. The predicted molar refractivity (Wildman–Crippen MR) is 75.9 cm³/mol. The van der Waals surface area contributed by atoms with Gasteiger partial charge in [0.1, 0.15) is 0 Å². The highest BCUT2D eigenvalue weighted by Crippen LogP contribution is 2.34. The van der Waals surface area contributed by atoms with Crippen molar-refractivity contribution in [2.45, 2.75) is 57.5 Å². The van der Waals surface area contributed by atoms with E-state index in [1.54, 1.807) is 7.11 Å². The van der Waals surface area contributed by atoms with Gasteiger partial charge in [-0.3, -0.25) is 4.90 Å². The van der Waals surface area contributed by atoms with Gasteiger partial charge in [-0.25, -0.2) is 0 Å². The van der Waals surface area contributed by atoms with Crippen LogP contribution in [0.5, 0.6) is 0 Å². The summed E-state index contributed by atoms with van der Waals surface area (Å²) in [4.78, 5) is 2.75. The van der Waals surface area contributed by atoms with Crippen molar-refractivity contribution in [3.05, 3.63) is 0 Å². The van der Waals surface area contributed by atoms with Crippen LogP contribution in [0.1, 0.15) is 45.4 Å². The van der Waals surface area contributed by atoms with Gasteiger partial charge in [0.05, 0.1) is 0 Å². The van der Waals surface area contributed by atoms with Crippen molar-refractivity contribution in [1.82, 2.24) is 10.2 Å². The Kier molecular flexibility index (Phi) is 5.93. The summed E-state index contributed by atoms with van der Waals surface area (Å²) in [6, 6.07) is 1.55. The van der Waals surface area contributed by atoms with Gasteiger partial charge >= 0.3 is 0 Å². The molecule has 106 valence electrons. The van der Waals surface area contributed by atoms with Crippen LogP contribution in [0.2, 0.25) is 0 Å². The summed E-state index contributed by atoms with van der Waals surface area (Å²) in [5.74, 6) is 0.981. The second-order valence-corrected chi connectivity index (χ2v) is 5.99. The van der Waals surface area contributed by atoms with E-state index in [4.69, 9.17) is 4.74 Å². The van der Waals surface area contributed by atoms with Gasteiger partial charge in [0.2, 0.25) is 0 Å². The van der Waals surface area contributed by atoms with Crippen LogP contribution >= 0.6 is 0 Å². The molecule has 3 heteroatoms. The Balaban J connectivity index is 1.75. The van der Waals surface area contributed by atoms with Crippen LogP contribution in [0.25, 0.3) is 0 Å². The fourth-order valence-corrected chi connectivity index (χ4v) is 3.15. The maximum Gasteiger partial charge on any atom is 0.0462 e. The Morgan fingerprint density at radius 1 is 1.28 bits per heavy atom. The van der Waals surface area contributed by atoms with Crippen LogP contribution in [0, 0.1) is 5.92 Å². The lowest BCUT2D eigenvalue weighted by molar-refractivity contribution is 0.108. The molecule has 1 N–H and O–H groups in total. The first kappa shape index (κ1) is 14.3. The summed E-state index contributed by atoms with van der Waals surface area (Å²) in [5.41, 5.74) is 0. The maximum atomic E-state index is 5.14. The second kappa shape index (κ2) is 7.46. The van der Waals surface area contributed by atoms with Gasteiger partial charge in [0, 0.05) is 38.9 Å². The average molecular weight is 254 g/mol. The van der Waals surface area contributed by atoms with Gasteiger partial charge in [0.15, 0.2) is 0 Å². The fraction of sp³-hybridized carbons (Fsp3) is 1.00. The first-order valence-electron chi connectivity index (χ1n) is 7.81. The van der Waals surface area contributed by atoms with Crippen LogP contribution in [-0.2, 0) is 4.74 Å². The quantitative estimate of drug-likeness (QED) is 0.673. The molecule has 1 saturated heterocycles. The van der Waals surface area contributed by atoms with Crippen LogP contribution in [-0.4, -0.2) is 50.3 Å². The fourth-order valence-electron chi connectivity index (χ4n) is 3.15. The van der Waals surface area contributed by atoms with Gasteiger partial charge in [-0.1, -0.05) is 13.3 Å². The Hall–Kier alpha value is -0.120. The van der Waals surface area contributed by atoms with Crippen molar-refractivity contribution in [2.75, 3.05) is 33.4 Å². The lowest BCUT2D eigenvalue weighted by Crippen LogP contribution is -2.57. The number of hydrogen-bond donors (Lipinski definition) is 1. The molecule has 0 bridgehead atoms. The van der Waals surface area contributed by atoms with E-state index in [1.165, 1.54) is 58.2 Å². The van der Waals surface area contributed by atoms with E-state index in [0.717, 1.165) is 24.6 Å². The van der Waals surface area contributed by atoms with Crippen molar-refractivity contribution in [3.63, 3.8) is 0 Å². The van der Waals surface area contributed by atoms with E-state index in [2.05, 4.69) is 17.1 Å². The third-order valence-electron chi connectivity index (χ3n) is 4.42. The van der Waals surface area contributed by atoms with Crippen LogP contribution in [0.4, 0.5) is 0 Å². The summed E-state index contributed by atoms with van der Waals surface area (Å²) >= 11 is 0. The Morgan fingerprint density at radius 2 is 2.11 bits per heavy atom. The standard InChI is InChI=1S/C15H30N2O/c1-3-6-14-11-16-15(13-7-8-13)12-17(14)9-4-5-10-18-2/h13-16H,3-12H2,1-2H3. The number of ether oxygens (including phenoxy) is 1. The van der Waals surface area contributed by atoms with E-state index < -0.39 is 0 Å². The zero-order chi connectivity index (χ0) is 12.8. The summed E-state index contributed by atoms with van der Waals surface area (Å²) in [5, 5.41) is 3.78. The molecule has 2 aliphatic rings. The number of nitrogens with zero attached hydrogens (tertiary/aromatic N) is 1. The van der Waals surface area contributed by atoms with Gasteiger partial charge in [-0.05, 0) is 44.6 Å². The van der Waals surface area contributed by atoms with E-state index in [9.17, 15) is 0 Å². The van der Waals surface area contributed by atoms with Crippen LogP contribution in [0.3, 0.4) is 0 Å². The molecule has 2 fully saturated rings. The minimum absolute atomic E-state index is 0.771. The van der Waals surface area contributed by atoms with E-state index in [1.807, 2.05) is 0 Å². The van der Waals surface area contributed by atoms with Crippen molar-refractivity contribution >= 4 is 0 Å². The molecule has 1 heterocycles. The molecular weight excluding hydrogens is 224 g/mol. The van der Waals surface area contributed by atoms with Crippen molar-refractivity contribution < 1.29 is 4.74 Å². The highest BCUT2D eigenvalue weighted by Gasteiger charge is 2.36. The van der Waals surface area contributed by atoms with Crippen LogP contribution in [0.15, 0.2) is 0 Å². The molecule has 2 atom stereocenters. The van der Waals surface area contributed by atoms with Crippen molar-refractivity contribution in [1.29, 1.82) is 0 Å². The number of nitrogens with one attached hydrogen (secondary N) is 1. The maximum absolute atomic E-state index is 5.14. The number of hydrogen-bond acceptors (Lipinski definition) is 3. The third kappa shape index (κ3) is 4.22. The highest BCUT2D eigenvalue weighted by molar-refractivity contribution is 4.94. The molecule has 0 aromatic heterocycles. The minimum atomic E-state index is 0.771. The zero-order valence-electron chi connectivity index (χ0n) is 12.2. The molecule has 0 aromatic rings. The summed E-state index contributed by atoms with van der Waals surface area (Å²) in [7, 11) is 1.80. The SMILES string of the molecule is CCCC1CNC(C2CC2)CN1CCCCOC. The molecule has 0 radical (unpaired) electrons. The van der Waals surface area contributed by atoms with E-state index in [-0.39, 0.29) is 0 Å². The van der Waals surface area contributed by atoms with Gasteiger partial charge < -0.3 is 10.1 Å². The topological polar surface area (TPSA) is 24.5 Å². The lowest BCUT2D eigenvalue weighted by Gasteiger charge is -2.41. The molecule has 2 rings (SSSR count). The zero-order valence-corrected chi connectivity index (χ0v) is 12.2.